The summed E-state index contributed by atoms with van der Waals surface area (Å²) in [6, 6.07) is 23.7. The van der Waals surface area contributed by atoms with Crippen molar-refractivity contribution < 1.29 is 0 Å². The van der Waals surface area contributed by atoms with Crippen LogP contribution in [0.25, 0.3) is 22.3 Å². The molecule has 0 unspecified atom stereocenters. The summed E-state index contributed by atoms with van der Waals surface area (Å²) in [5, 5.41) is 7.00. The molecular weight excluding hydrogens is 304 g/mol. The molecule has 0 bridgehead atoms. The number of anilines is 2. The van der Waals surface area contributed by atoms with Crippen molar-refractivity contribution in [2.75, 3.05) is 23.7 Å². The van der Waals surface area contributed by atoms with Crippen molar-refractivity contribution in [1.82, 2.24) is 0 Å². The van der Waals surface area contributed by atoms with Crippen LogP contribution in [0.5, 0.6) is 0 Å². The SMILES string of the molecule is CCNc1ccccc1-c1cccc(C)c1-c1ccccc1NCC. The van der Waals surface area contributed by atoms with E-state index in [1.807, 2.05) is 0 Å². The van der Waals surface area contributed by atoms with Crippen molar-refractivity contribution in [1.29, 1.82) is 0 Å². The molecule has 3 rings (SSSR count). The maximum atomic E-state index is 3.50. The molecule has 0 heterocycles. The van der Waals surface area contributed by atoms with Crippen LogP contribution in [-0.2, 0) is 0 Å². The third kappa shape index (κ3) is 3.53. The summed E-state index contributed by atoms with van der Waals surface area (Å²) in [5.74, 6) is 0. The van der Waals surface area contributed by atoms with E-state index in [2.05, 4.69) is 98.1 Å². The van der Waals surface area contributed by atoms with Gasteiger partial charge >= 0.3 is 0 Å². The smallest absolute Gasteiger partial charge is 0.0420 e. The first kappa shape index (κ1) is 17.1. The van der Waals surface area contributed by atoms with Crippen molar-refractivity contribution in [3.05, 3.63) is 72.3 Å². The van der Waals surface area contributed by atoms with Crippen molar-refractivity contribution >= 4 is 11.4 Å². The van der Waals surface area contributed by atoms with Crippen molar-refractivity contribution in [3.63, 3.8) is 0 Å². The second-order valence-electron chi connectivity index (χ2n) is 6.15. The summed E-state index contributed by atoms with van der Waals surface area (Å²) in [4.78, 5) is 0. The maximum Gasteiger partial charge on any atom is 0.0420 e. The fraction of sp³-hybridized carbons (Fsp3) is 0.217. The van der Waals surface area contributed by atoms with Crippen molar-refractivity contribution in [2.24, 2.45) is 0 Å². The summed E-state index contributed by atoms with van der Waals surface area (Å²) in [5.41, 5.74) is 8.71. The Morgan fingerprint density at radius 3 is 1.76 bits per heavy atom. The topological polar surface area (TPSA) is 24.1 Å². The van der Waals surface area contributed by atoms with Crippen LogP contribution >= 0.6 is 0 Å². The van der Waals surface area contributed by atoms with Gasteiger partial charge in [0.2, 0.25) is 0 Å². The number of nitrogens with one attached hydrogen (secondary N) is 2. The van der Waals surface area contributed by atoms with Gasteiger partial charge in [0.15, 0.2) is 0 Å². The molecule has 2 heteroatoms. The Hall–Kier alpha value is -2.74. The van der Waals surface area contributed by atoms with Gasteiger partial charge < -0.3 is 10.6 Å². The number of rotatable bonds is 6. The average Bonchev–Trinajstić information content (AvgIpc) is 2.63. The molecule has 0 saturated carbocycles. The highest BCUT2D eigenvalue weighted by molar-refractivity contribution is 5.94. The van der Waals surface area contributed by atoms with Gasteiger partial charge in [-0.05, 0) is 49.6 Å². The number of hydrogen-bond donors (Lipinski definition) is 2. The van der Waals surface area contributed by atoms with Crippen molar-refractivity contribution in [2.45, 2.75) is 20.8 Å². The molecular formula is C23H26N2. The van der Waals surface area contributed by atoms with Crippen molar-refractivity contribution in [3.8, 4) is 22.3 Å². The van der Waals surface area contributed by atoms with E-state index in [9.17, 15) is 0 Å². The zero-order valence-corrected chi connectivity index (χ0v) is 15.3. The van der Waals surface area contributed by atoms with E-state index in [-0.39, 0.29) is 0 Å². The maximum absolute atomic E-state index is 3.50. The van der Waals surface area contributed by atoms with Crippen LogP contribution in [0.1, 0.15) is 19.4 Å². The van der Waals surface area contributed by atoms with Gasteiger partial charge in [-0.15, -0.1) is 0 Å². The van der Waals surface area contributed by atoms with Gasteiger partial charge in [0, 0.05) is 35.6 Å². The third-order valence-corrected chi connectivity index (χ3v) is 4.42. The molecule has 0 saturated heterocycles. The van der Waals surface area contributed by atoms with Gasteiger partial charge in [-0.3, -0.25) is 0 Å². The normalized spacial score (nSPS) is 10.5. The fourth-order valence-electron chi connectivity index (χ4n) is 3.36. The Bertz CT molecular complexity index is 852. The highest BCUT2D eigenvalue weighted by Gasteiger charge is 2.15. The lowest BCUT2D eigenvalue weighted by Gasteiger charge is -2.19. The van der Waals surface area contributed by atoms with E-state index >= 15 is 0 Å². The van der Waals surface area contributed by atoms with Crippen LogP contribution in [0, 0.1) is 6.92 Å². The summed E-state index contributed by atoms with van der Waals surface area (Å²) < 4.78 is 0. The number of aryl methyl sites for hydroxylation is 1. The fourth-order valence-corrected chi connectivity index (χ4v) is 3.36. The first-order valence-corrected chi connectivity index (χ1v) is 9.02. The van der Waals surface area contributed by atoms with Gasteiger partial charge in [0.1, 0.15) is 0 Å². The molecule has 0 aliphatic rings. The molecule has 0 radical (unpaired) electrons. The first-order chi connectivity index (χ1) is 12.3. The molecule has 0 amide bonds. The van der Waals surface area contributed by atoms with Crippen LogP contribution in [0.3, 0.4) is 0 Å². The number of para-hydroxylation sites is 2. The van der Waals surface area contributed by atoms with E-state index in [0.29, 0.717) is 0 Å². The lowest BCUT2D eigenvalue weighted by Crippen LogP contribution is -2.01. The Morgan fingerprint density at radius 2 is 1.12 bits per heavy atom. The molecule has 0 aliphatic heterocycles. The Balaban J connectivity index is 2.24. The predicted octanol–water partition coefficient (Wildman–Crippen LogP) is 6.19. The summed E-state index contributed by atoms with van der Waals surface area (Å²) in [6.45, 7) is 8.28. The Kier molecular flexibility index (Phi) is 5.39. The minimum Gasteiger partial charge on any atom is -0.385 e. The van der Waals surface area contributed by atoms with Gasteiger partial charge in [-0.2, -0.15) is 0 Å². The molecule has 0 fully saturated rings. The van der Waals surface area contributed by atoms with Crippen LogP contribution in [0.15, 0.2) is 66.7 Å². The van der Waals surface area contributed by atoms with Crippen LogP contribution < -0.4 is 10.6 Å². The van der Waals surface area contributed by atoms with E-state index < -0.39 is 0 Å². The molecule has 25 heavy (non-hydrogen) atoms. The highest BCUT2D eigenvalue weighted by Crippen LogP contribution is 2.40. The standard InChI is InChI=1S/C23H26N2/c1-4-24-21-15-8-6-12-18(21)19-14-10-11-17(3)23(19)20-13-7-9-16-22(20)25-5-2/h6-16,24-25H,4-5H2,1-3H3. The van der Waals surface area contributed by atoms with E-state index in [1.54, 1.807) is 0 Å². The van der Waals surface area contributed by atoms with Gasteiger partial charge in [0.05, 0.1) is 0 Å². The molecule has 128 valence electrons. The lowest BCUT2D eigenvalue weighted by atomic mass is 9.89. The number of hydrogen-bond acceptors (Lipinski definition) is 2. The summed E-state index contributed by atoms with van der Waals surface area (Å²) >= 11 is 0. The van der Waals surface area contributed by atoms with Gasteiger partial charge in [-0.25, -0.2) is 0 Å². The second-order valence-corrected chi connectivity index (χ2v) is 6.15. The second kappa shape index (κ2) is 7.89. The highest BCUT2D eigenvalue weighted by atomic mass is 14.9. The monoisotopic (exact) mass is 330 g/mol. The largest absolute Gasteiger partial charge is 0.385 e. The molecule has 3 aromatic rings. The third-order valence-electron chi connectivity index (χ3n) is 4.42. The molecule has 0 aromatic heterocycles. The van der Waals surface area contributed by atoms with Crippen LogP contribution in [-0.4, -0.2) is 13.1 Å². The zero-order chi connectivity index (χ0) is 17.6. The van der Waals surface area contributed by atoms with E-state index in [1.165, 1.54) is 39.2 Å². The number of benzene rings is 3. The summed E-state index contributed by atoms with van der Waals surface area (Å²) in [7, 11) is 0. The van der Waals surface area contributed by atoms with Crippen LogP contribution in [0.2, 0.25) is 0 Å². The predicted molar refractivity (Wildman–Crippen MR) is 110 cm³/mol. The molecule has 2 nitrogen and oxygen atoms in total. The minimum absolute atomic E-state index is 0.909. The quantitative estimate of drug-likeness (QED) is 0.563. The Labute approximate surface area is 150 Å². The average molecular weight is 330 g/mol. The van der Waals surface area contributed by atoms with E-state index in [4.69, 9.17) is 0 Å². The van der Waals surface area contributed by atoms with Gasteiger partial charge in [0.25, 0.3) is 0 Å². The zero-order valence-electron chi connectivity index (χ0n) is 15.3. The van der Waals surface area contributed by atoms with Crippen LogP contribution in [0.4, 0.5) is 11.4 Å². The molecule has 3 aromatic carbocycles. The Morgan fingerprint density at radius 1 is 0.600 bits per heavy atom. The summed E-state index contributed by atoms with van der Waals surface area (Å²) in [6.07, 6.45) is 0. The molecule has 2 N–H and O–H groups in total. The van der Waals surface area contributed by atoms with Gasteiger partial charge in [-0.1, -0.05) is 54.6 Å². The molecule has 0 aliphatic carbocycles. The minimum atomic E-state index is 0.909. The first-order valence-electron chi connectivity index (χ1n) is 9.02. The molecule has 0 atom stereocenters. The van der Waals surface area contributed by atoms with E-state index in [0.717, 1.165) is 13.1 Å². The lowest BCUT2D eigenvalue weighted by molar-refractivity contribution is 1.21. The molecule has 0 spiro atoms.